The predicted molar refractivity (Wildman–Crippen MR) is 119 cm³/mol. The molecule has 0 radical (unpaired) electrons. The van der Waals surface area contributed by atoms with Crippen molar-refractivity contribution in [2.24, 2.45) is 5.92 Å². The Morgan fingerprint density at radius 3 is 2.90 bits per heavy atom. The standard InChI is InChI=1S/C25H27N3O3/c1-27(16-20-7-4-6-19-14-26-12-11-23(19)20)25(30)21-9-10-24(29)28(17-21)15-18-5-3-8-22(13-18)31-2/h3-8,11-14,21H,9-10,15-17H2,1-2H3/t21-/m1/s1. The van der Waals surface area contributed by atoms with E-state index in [2.05, 4.69) is 4.98 Å². The second-order valence-corrected chi connectivity index (χ2v) is 8.07. The van der Waals surface area contributed by atoms with Gasteiger partial charge in [0.15, 0.2) is 0 Å². The zero-order valence-corrected chi connectivity index (χ0v) is 18.0. The molecule has 0 N–H and O–H groups in total. The molecule has 1 aliphatic rings. The Kier molecular flexibility index (Phi) is 6.16. The summed E-state index contributed by atoms with van der Waals surface area (Å²) in [6.07, 6.45) is 4.60. The third kappa shape index (κ3) is 4.68. The number of pyridine rings is 1. The van der Waals surface area contributed by atoms with Crippen LogP contribution in [0.1, 0.15) is 24.0 Å². The summed E-state index contributed by atoms with van der Waals surface area (Å²) in [7, 11) is 3.47. The lowest BCUT2D eigenvalue weighted by molar-refractivity contribution is -0.143. The summed E-state index contributed by atoms with van der Waals surface area (Å²) >= 11 is 0. The lowest BCUT2D eigenvalue weighted by Crippen LogP contribution is -2.45. The SMILES string of the molecule is COc1cccc(CN2C[C@H](C(=O)N(C)Cc3cccc4cnccc34)CCC2=O)c1. The van der Waals surface area contributed by atoms with Crippen molar-refractivity contribution >= 4 is 22.6 Å². The lowest BCUT2D eigenvalue weighted by atomic mass is 9.95. The van der Waals surface area contributed by atoms with Crippen LogP contribution in [0.2, 0.25) is 0 Å². The first-order chi connectivity index (χ1) is 15.0. The summed E-state index contributed by atoms with van der Waals surface area (Å²) in [6, 6.07) is 15.8. The molecule has 6 heteroatoms. The van der Waals surface area contributed by atoms with Gasteiger partial charge in [0.2, 0.25) is 11.8 Å². The maximum Gasteiger partial charge on any atom is 0.227 e. The first-order valence-corrected chi connectivity index (χ1v) is 10.5. The van der Waals surface area contributed by atoms with Gasteiger partial charge in [0.05, 0.1) is 13.0 Å². The van der Waals surface area contributed by atoms with E-state index in [1.165, 1.54) is 0 Å². The van der Waals surface area contributed by atoms with E-state index in [0.29, 0.717) is 32.5 Å². The molecule has 0 bridgehead atoms. The van der Waals surface area contributed by atoms with Crippen LogP contribution in [0, 0.1) is 5.92 Å². The van der Waals surface area contributed by atoms with Gasteiger partial charge < -0.3 is 14.5 Å². The number of methoxy groups -OCH3 is 1. The Hall–Kier alpha value is -3.41. The highest BCUT2D eigenvalue weighted by atomic mass is 16.5. The molecule has 1 aromatic heterocycles. The number of aromatic nitrogens is 1. The molecule has 1 fully saturated rings. The lowest BCUT2D eigenvalue weighted by Gasteiger charge is -2.34. The van der Waals surface area contributed by atoms with E-state index < -0.39 is 0 Å². The first kappa shape index (κ1) is 20.8. The summed E-state index contributed by atoms with van der Waals surface area (Å²) < 4.78 is 5.28. The molecule has 0 spiro atoms. The zero-order chi connectivity index (χ0) is 21.8. The largest absolute Gasteiger partial charge is 0.497 e. The van der Waals surface area contributed by atoms with E-state index >= 15 is 0 Å². The van der Waals surface area contributed by atoms with Gasteiger partial charge in [0.1, 0.15) is 5.75 Å². The summed E-state index contributed by atoms with van der Waals surface area (Å²) in [6.45, 7) is 1.46. The van der Waals surface area contributed by atoms with Crippen LogP contribution in [0.15, 0.2) is 60.9 Å². The van der Waals surface area contributed by atoms with Gasteiger partial charge in [-0.1, -0.05) is 30.3 Å². The Bertz CT molecular complexity index is 1090. The molecule has 2 aromatic carbocycles. The summed E-state index contributed by atoms with van der Waals surface area (Å²) in [4.78, 5) is 33.4. The van der Waals surface area contributed by atoms with Gasteiger partial charge in [-0.05, 0) is 41.1 Å². The average Bonchev–Trinajstić information content (AvgIpc) is 2.80. The summed E-state index contributed by atoms with van der Waals surface area (Å²) in [5, 5.41) is 2.17. The molecule has 0 saturated carbocycles. The number of fused-ring (bicyclic) bond motifs is 1. The van der Waals surface area contributed by atoms with E-state index in [1.807, 2.05) is 61.8 Å². The molecule has 160 valence electrons. The Morgan fingerprint density at radius 2 is 2.06 bits per heavy atom. The number of piperidine rings is 1. The van der Waals surface area contributed by atoms with Crippen LogP contribution in [0.5, 0.6) is 5.75 Å². The number of nitrogens with zero attached hydrogens (tertiary/aromatic N) is 3. The van der Waals surface area contributed by atoms with Crippen molar-refractivity contribution < 1.29 is 14.3 Å². The number of amides is 2. The third-order valence-electron chi connectivity index (χ3n) is 5.91. The molecular weight excluding hydrogens is 390 g/mol. The van der Waals surface area contributed by atoms with Crippen LogP contribution in [-0.2, 0) is 22.7 Å². The van der Waals surface area contributed by atoms with Crippen LogP contribution >= 0.6 is 0 Å². The number of carbonyl (C=O) groups excluding carboxylic acids is 2. The van der Waals surface area contributed by atoms with Gasteiger partial charge in [0, 0.05) is 50.9 Å². The van der Waals surface area contributed by atoms with E-state index in [0.717, 1.165) is 27.6 Å². The van der Waals surface area contributed by atoms with E-state index in [4.69, 9.17) is 4.74 Å². The highest BCUT2D eigenvalue weighted by molar-refractivity contribution is 5.86. The molecule has 0 unspecified atom stereocenters. The van der Waals surface area contributed by atoms with E-state index in [-0.39, 0.29) is 17.7 Å². The molecule has 0 aliphatic carbocycles. The zero-order valence-electron chi connectivity index (χ0n) is 18.0. The van der Waals surface area contributed by atoms with Crippen LogP contribution < -0.4 is 4.74 Å². The average molecular weight is 418 g/mol. The number of rotatable bonds is 6. The number of hydrogen-bond donors (Lipinski definition) is 0. The van der Waals surface area contributed by atoms with Crippen molar-refractivity contribution in [2.75, 3.05) is 20.7 Å². The van der Waals surface area contributed by atoms with Crippen LogP contribution in [-0.4, -0.2) is 47.3 Å². The minimum absolute atomic E-state index is 0.0780. The van der Waals surface area contributed by atoms with E-state index in [1.54, 1.807) is 23.1 Å². The number of hydrogen-bond acceptors (Lipinski definition) is 4. The number of likely N-dealkylation sites (tertiary alicyclic amines) is 1. The fraction of sp³-hybridized carbons (Fsp3) is 0.320. The van der Waals surface area contributed by atoms with Crippen LogP contribution in [0.3, 0.4) is 0 Å². The molecule has 2 amide bonds. The smallest absolute Gasteiger partial charge is 0.227 e. The maximum absolute atomic E-state index is 13.2. The second kappa shape index (κ2) is 9.16. The maximum atomic E-state index is 13.2. The quantitative estimate of drug-likeness (QED) is 0.614. The fourth-order valence-electron chi connectivity index (χ4n) is 4.23. The fourth-order valence-corrected chi connectivity index (χ4v) is 4.23. The molecule has 6 nitrogen and oxygen atoms in total. The normalized spacial score (nSPS) is 16.4. The van der Waals surface area contributed by atoms with Crippen molar-refractivity contribution in [1.82, 2.24) is 14.8 Å². The number of ether oxygens (including phenoxy) is 1. The van der Waals surface area contributed by atoms with Gasteiger partial charge in [-0.15, -0.1) is 0 Å². The monoisotopic (exact) mass is 417 g/mol. The minimum Gasteiger partial charge on any atom is -0.497 e. The van der Waals surface area contributed by atoms with Crippen molar-refractivity contribution in [3.8, 4) is 5.75 Å². The number of carbonyl (C=O) groups is 2. The Balaban J connectivity index is 1.44. The molecule has 1 aliphatic heterocycles. The molecule has 1 atom stereocenters. The number of benzene rings is 2. The molecule has 1 saturated heterocycles. The van der Waals surface area contributed by atoms with Gasteiger partial charge in [-0.25, -0.2) is 0 Å². The minimum atomic E-state index is -0.190. The topological polar surface area (TPSA) is 62.7 Å². The van der Waals surface area contributed by atoms with Crippen molar-refractivity contribution in [1.29, 1.82) is 0 Å². The molecular formula is C25H27N3O3. The van der Waals surface area contributed by atoms with Gasteiger partial charge in [-0.3, -0.25) is 14.6 Å². The van der Waals surface area contributed by atoms with E-state index in [9.17, 15) is 9.59 Å². The highest BCUT2D eigenvalue weighted by Crippen LogP contribution is 2.24. The van der Waals surface area contributed by atoms with Crippen molar-refractivity contribution in [3.63, 3.8) is 0 Å². The predicted octanol–water partition coefficient (Wildman–Crippen LogP) is 3.64. The Morgan fingerprint density at radius 1 is 1.23 bits per heavy atom. The van der Waals surface area contributed by atoms with Crippen LogP contribution in [0.4, 0.5) is 0 Å². The summed E-state index contributed by atoms with van der Waals surface area (Å²) in [5.74, 6) is 0.745. The Labute approximate surface area is 182 Å². The van der Waals surface area contributed by atoms with Crippen LogP contribution in [0.25, 0.3) is 10.8 Å². The van der Waals surface area contributed by atoms with Gasteiger partial charge in [0.25, 0.3) is 0 Å². The second-order valence-electron chi connectivity index (χ2n) is 8.07. The third-order valence-corrected chi connectivity index (χ3v) is 5.91. The molecule has 31 heavy (non-hydrogen) atoms. The van der Waals surface area contributed by atoms with Crippen molar-refractivity contribution in [2.45, 2.75) is 25.9 Å². The highest BCUT2D eigenvalue weighted by Gasteiger charge is 2.32. The van der Waals surface area contributed by atoms with Crippen molar-refractivity contribution in [3.05, 3.63) is 72.1 Å². The first-order valence-electron chi connectivity index (χ1n) is 10.5. The van der Waals surface area contributed by atoms with Gasteiger partial charge in [-0.2, -0.15) is 0 Å². The molecule has 2 heterocycles. The summed E-state index contributed by atoms with van der Waals surface area (Å²) in [5.41, 5.74) is 2.09. The molecule has 4 rings (SSSR count). The molecule has 3 aromatic rings. The van der Waals surface area contributed by atoms with Gasteiger partial charge >= 0.3 is 0 Å².